The molecule has 0 aliphatic heterocycles. The largest absolute Gasteiger partial charge is 0.491 e. The number of rotatable bonds is 10. The lowest BCUT2D eigenvalue weighted by Gasteiger charge is -2.28. The maximum atomic E-state index is 13.6. The van der Waals surface area contributed by atoms with E-state index in [1.807, 2.05) is 25.1 Å². The third kappa shape index (κ3) is 6.85. The highest BCUT2D eigenvalue weighted by Crippen LogP contribution is 2.18. The van der Waals surface area contributed by atoms with E-state index >= 15 is 0 Å². The van der Waals surface area contributed by atoms with Gasteiger partial charge in [0, 0.05) is 24.7 Å². The van der Waals surface area contributed by atoms with E-state index in [0.29, 0.717) is 25.1 Å². The lowest BCUT2D eigenvalue weighted by atomic mass is 10.2. The molecule has 29 heavy (non-hydrogen) atoms. The number of hydrogen-bond donors (Lipinski definition) is 1. The summed E-state index contributed by atoms with van der Waals surface area (Å²) in [5.74, 6) is -1.95. The molecule has 1 N–H and O–H groups in total. The third-order valence-corrected chi connectivity index (χ3v) is 4.36. The van der Waals surface area contributed by atoms with Gasteiger partial charge in [0.15, 0.2) is 11.6 Å². The molecule has 2 rings (SSSR count). The summed E-state index contributed by atoms with van der Waals surface area (Å²) in [6, 6.07) is 11.5. The van der Waals surface area contributed by atoms with Gasteiger partial charge in [0.1, 0.15) is 11.9 Å². The van der Waals surface area contributed by atoms with E-state index in [1.54, 1.807) is 19.1 Å². The summed E-state index contributed by atoms with van der Waals surface area (Å²) >= 11 is 0. The Balaban J connectivity index is 1.86. The molecule has 0 saturated carbocycles. The molecule has 1 unspecified atom stereocenters. The van der Waals surface area contributed by atoms with Gasteiger partial charge in [-0.25, -0.2) is 8.78 Å². The minimum atomic E-state index is -0.782. The molecule has 0 saturated heterocycles. The number of nitrogens with one attached hydrogen (secondary N) is 1. The molecule has 1 atom stereocenters. The molecule has 0 radical (unpaired) electrons. The summed E-state index contributed by atoms with van der Waals surface area (Å²) in [5, 5.41) is 2.81. The van der Waals surface area contributed by atoms with E-state index < -0.39 is 17.7 Å². The Labute approximate surface area is 169 Å². The Morgan fingerprint density at radius 2 is 1.86 bits per heavy atom. The van der Waals surface area contributed by atoms with Gasteiger partial charge < -0.3 is 15.0 Å². The zero-order valence-corrected chi connectivity index (χ0v) is 16.7. The Hall–Kier alpha value is -2.96. The third-order valence-electron chi connectivity index (χ3n) is 4.36. The van der Waals surface area contributed by atoms with Crippen molar-refractivity contribution in [1.29, 1.82) is 0 Å². The minimum absolute atomic E-state index is 0.0557. The number of halogens is 2. The Morgan fingerprint density at radius 1 is 1.14 bits per heavy atom. The Bertz CT molecular complexity index is 815. The van der Waals surface area contributed by atoms with Gasteiger partial charge in [0.05, 0.1) is 6.61 Å². The van der Waals surface area contributed by atoms with Crippen molar-refractivity contribution in [3.05, 3.63) is 60.2 Å². The second kappa shape index (κ2) is 11.1. The lowest BCUT2D eigenvalue weighted by Crippen LogP contribution is -2.46. The van der Waals surface area contributed by atoms with Crippen LogP contribution in [-0.2, 0) is 9.59 Å². The first-order valence-corrected chi connectivity index (χ1v) is 9.65. The molecule has 0 fully saturated rings. The molecule has 2 amide bonds. The van der Waals surface area contributed by atoms with Gasteiger partial charge >= 0.3 is 0 Å². The Kier molecular flexibility index (Phi) is 8.58. The van der Waals surface area contributed by atoms with E-state index in [0.717, 1.165) is 12.1 Å². The van der Waals surface area contributed by atoms with Gasteiger partial charge in [-0.05, 0) is 44.0 Å². The molecule has 0 aliphatic rings. The van der Waals surface area contributed by atoms with E-state index in [4.69, 9.17) is 4.74 Å². The van der Waals surface area contributed by atoms with Crippen LogP contribution in [0.15, 0.2) is 48.5 Å². The van der Waals surface area contributed by atoms with E-state index in [1.165, 1.54) is 11.0 Å². The number of hydrogen-bond acceptors (Lipinski definition) is 3. The highest BCUT2D eigenvalue weighted by molar-refractivity contribution is 5.96. The fourth-order valence-electron chi connectivity index (χ4n) is 2.83. The van der Waals surface area contributed by atoms with Crippen molar-refractivity contribution in [2.24, 2.45) is 0 Å². The van der Waals surface area contributed by atoms with Crippen LogP contribution in [0.2, 0.25) is 0 Å². The fraction of sp³-hybridized carbons (Fsp3) is 0.364. The molecule has 156 valence electrons. The molecule has 0 bridgehead atoms. The van der Waals surface area contributed by atoms with Crippen LogP contribution >= 0.6 is 0 Å². The zero-order valence-electron chi connectivity index (χ0n) is 16.7. The van der Waals surface area contributed by atoms with Crippen molar-refractivity contribution in [2.75, 3.05) is 18.5 Å². The summed E-state index contributed by atoms with van der Waals surface area (Å²) in [6.45, 7) is 4.19. The molecule has 0 aromatic heterocycles. The van der Waals surface area contributed by atoms with Gasteiger partial charge in [0.25, 0.3) is 0 Å². The molecule has 2 aromatic rings. The van der Waals surface area contributed by atoms with Crippen LogP contribution in [0.5, 0.6) is 5.75 Å². The van der Waals surface area contributed by atoms with Crippen molar-refractivity contribution >= 4 is 17.5 Å². The van der Waals surface area contributed by atoms with Gasteiger partial charge in [-0.15, -0.1) is 0 Å². The first-order chi connectivity index (χ1) is 13.9. The summed E-state index contributed by atoms with van der Waals surface area (Å²) < 4.78 is 31.7. The maximum Gasteiger partial charge on any atom is 0.246 e. The number of carbonyl (C=O) groups excluding carboxylic acids is 2. The van der Waals surface area contributed by atoms with Crippen molar-refractivity contribution in [3.63, 3.8) is 0 Å². The highest BCUT2D eigenvalue weighted by atomic mass is 19.1. The number of anilines is 1. The molecule has 0 aliphatic carbocycles. The van der Waals surface area contributed by atoms with Crippen LogP contribution in [0.1, 0.15) is 33.1 Å². The van der Waals surface area contributed by atoms with Gasteiger partial charge in [-0.2, -0.15) is 0 Å². The SMILES string of the molecule is CCCN(C(=O)CCCOc1ccc(F)cc1F)C(C)C(=O)Nc1ccccc1. The average molecular weight is 404 g/mol. The minimum Gasteiger partial charge on any atom is -0.491 e. The van der Waals surface area contributed by atoms with Crippen LogP contribution in [-0.4, -0.2) is 35.9 Å². The van der Waals surface area contributed by atoms with Gasteiger partial charge in [-0.1, -0.05) is 25.1 Å². The number of benzene rings is 2. The topological polar surface area (TPSA) is 58.6 Å². The monoisotopic (exact) mass is 404 g/mol. The number of para-hydroxylation sites is 1. The quantitative estimate of drug-likeness (QED) is 0.598. The molecular weight excluding hydrogens is 378 g/mol. The van der Waals surface area contributed by atoms with E-state index in [9.17, 15) is 18.4 Å². The van der Waals surface area contributed by atoms with E-state index in [-0.39, 0.29) is 30.6 Å². The molecule has 0 spiro atoms. The number of nitrogens with zero attached hydrogens (tertiary/aromatic N) is 1. The Morgan fingerprint density at radius 3 is 2.52 bits per heavy atom. The maximum absolute atomic E-state index is 13.6. The van der Waals surface area contributed by atoms with Crippen molar-refractivity contribution in [3.8, 4) is 5.75 Å². The predicted molar refractivity (Wildman–Crippen MR) is 108 cm³/mol. The lowest BCUT2D eigenvalue weighted by molar-refractivity contribution is -0.138. The molecule has 0 heterocycles. The molecule has 7 heteroatoms. The van der Waals surface area contributed by atoms with Crippen LogP contribution in [0, 0.1) is 11.6 Å². The average Bonchev–Trinajstić information content (AvgIpc) is 2.70. The number of carbonyl (C=O) groups is 2. The summed E-state index contributed by atoms with van der Waals surface area (Å²) in [7, 11) is 0. The second-order valence-corrected chi connectivity index (χ2v) is 6.65. The van der Waals surface area contributed by atoms with Gasteiger partial charge in [-0.3, -0.25) is 9.59 Å². The van der Waals surface area contributed by atoms with Crippen molar-refractivity contribution in [2.45, 2.75) is 39.2 Å². The van der Waals surface area contributed by atoms with Crippen LogP contribution in [0.3, 0.4) is 0 Å². The molecule has 5 nitrogen and oxygen atoms in total. The normalized spacial score (nSPS) is 11.6. The zero-order chi connectivity index (χ0) is 21.2. The van der Waals surface area contributed by atoms with Crippen LogP contribution in [0.4, 0.5) is 14.5 Å². The number of amides is 2. The first kappa shape index (κ1) is 22.3. The van der Waals surface area contributed by atoms with Crippen LogP contribution in [0.25, 0.3) is 0 Å². The predicted octanol–water partition coefficient (Wildman–Crippen LogP) is 4.39. The molecule has 2 aromatic carbocycles. The van der Waals surface area contributed by atoms with Gasteiger partial charge in [0.2, 0.25) is 11.8 Å². The van der Waals surface area contributed by atoms with Crippen LogP contribution < -0.4 is 10.1 Å². The fourth-order valence-corrected chi connectivity index (χ4v) is 2.83. The van der Waals surface area contributed by atoms with E-state index in [2.05, 4.69) is 5.32 Å². The molecular formula is C22H26F2N2O3. The smallest absolute Gasteiger partial charge is 0.246 e. The van der Waals surface area contributed by atoms with Crippen molar-refractivity contribution in [1.82, 2.24) is 4.90 Å². The number of ether oxygens (including phenoxy) is 1. The summed E-state index contributed by atoms with van der Waals surface area (Å²) in [6.07, 6.45) is 1.22. The van der Waals surface area contributed by atoms with Crippen molar-refractivity contribution < 1.29 is 23.1 Å². The standard InChI is InChI=1S/C22H26F2N2O3/c1-3-13-26(16(2)22(28)25-18-8-5-4-6-9-18)21(27)10-7-14-29-20-12-11-17(23)15-19(20)24/h4-6,8-9,11-12,15-16H,3,7,10,13-14H2,1-2H3,(H,25,28). The summed E-state index contributed by atoms with van der Waals surface area (Å²) in [5.41, 5.74) is 0.669. The first-order valence-electron chi connectivity index (χ1n) is 9.65. The second-order valence-electron chi connectivity index (χ2n) is 6.65. The highest BCUT2D eigenvalue weighted by Gasteiger charge is 2.25. The summed E-state index contributed by atoms with van der Waals surface area (Å²) in [4.78, 5) is 26.7.